The van der Waals surface area contributed by atoms with E-state index >= 15 is 0 Å². The molecule has 1 aromatic heterocycles. The van der Waals surface area contributed by atoms with Crippen LogP contribution in [0, 0.1) is 0 Å². The van der Waals surface area contributed by atoms with Gasteiger partial charge in [0.15, 0.2) is 0 Å². The Morgan fingerprint density at radius 1 is 1.63 bits per heavy atom. The van der Waals surface area contributed by atoms with Gasteiger partial charge >= 0.3 is 6.03 Å². The van der Waals surface area contributed by atoms with Gasteiger partial charge in [-0.3, -0.25) is 0 Å². The summed E-state index contributed by atoms with van der Waals surface area (Å²) in [6.07, 6.45) is 3.87. The SMILES string of the molecule is COCCNC(=O)N1CCC(Oc2ccncn2)C1. The van der Waals surface area contributed by atoms with Crippen LogP contribution in [0.3, 0.4) is 0 Å². The van der Waals surface area contributed by atoms with Crippen molar-refractivity contribution in [3.05, 3.63) is 18.6 Å². The fraction of sp³-hybridized carbons (Fsp3) is 0.583. The van der Waals surface area contributed by atoms with Crippen molar-refractivity contribution in [1.82, 2.24) is 20.2 Å². The normalized spacial score (nSPS) is 18.4. The second kappa shape index (κ2) is 6.89. The summed E-state index contributed by atoms with van der Waals surface area (Å²) in [6, 6.07) is 1.63. The molecule has 0 spiro atoms. The number of hydrogen-bond acceptors (Lipinski definition) is 5. The molecule has 1 aliphatic heterocycles. The molecule has 7 heteroatoms. The number of ether oxygens (including phenoxy) is 2. The van der Waals surface area contributed by atoms with E-state index in [0.717, 1.165) is 6.42 Å². The number of carbonyl (C=O) groups excluding carboxylic acids is 1. The van der Waals surface area contributed by atoms with E-state index < -0.39 is 0 Å². The molecule has 1 unspecified atom stereocenters. The van der Waals surface area contributed by atoms with Crippen molar-refractivity contribution < 1.29 is 14.3 Å². The lowest BCUT2D eigenvalue weighted by Gasteiger charge is -2.17. The first kappa shape index (κ1) is 13.5. The summed E-state index contributed by atoms with van der Waals surface area (Å²) < 4.78 is 10.6. The molecule has 0 saturated carbocycles. The van der Waals surface area contributed by atoms with Crippen molar-refractivity contribution in [2.45, 2.75) is 12.5 Å². The van der Waals surface area contributed by atoms with Crippen LogP contribution in [-0.2, 0) is 4.74 Å². The Bertz CT molecular complexity index is 401. The van der Waals surface area contributed by atoms with Gasteiger partial charge in [-0.25, -0.2) is 14.8 Å². The van der Waals surface area contributed by atoms with Crippen LogP contribution in [0.4, 0.5) is 4.79 Å². The van der Waals surface area contributed by atoms with Crippen LogP contribution in [-0.4, -0.2) is 60.4 Å². The van der Waals surface area contributed by atoms with E-state index in [1.807, 2.05) is 0 Å². The first-order valence-electron chi connectivity index (χ1n) is 6.24. The van der Waals surface area contributed by atoms with Crippen LogP contribution in [0.5, 0.6) is 5.88 Å². The quantitative estimate of drug-likeness (QED) is 0.775. The molecular weight excluding hydrogens is 248 g/mol. The third-order valence-corrected chi connectivity index (χ3v) is 2.86. The number of nitrogens with one attached hydrogen (secondary N) is 1. The maximum Gasteiger partial charge on any atom is 0.317 e. The standard InChI is InChI=1S/C12H18N4O3/c1-18-7-5-14-12(17)16-6-3-10(8-16)19-11-2-4-13-9-15-11/h2,4,9-10H,3,5-8H2,1H3,(H,14,17). The molecule has 19 heavy (non-hydrogen) atoms. The summed E-state index contributed by atoms with van der Waals surface area (Å²) in [7, 11) is 1.60. The zero-order chi connectivity index (χ0) is 13.5. The minimum Gasteiger partial charge on any atom is -0.472 e. The largest absolute Gasteiger partial charge is 0.472 e. The van der Waals surface area contributed by atoms with Gasteiger partial charge in [0.25, 0.3) is 0 Å². The lowest BCUT2D eigenvalue weighted by molar-refractivity contribution is 0.174. The van der Waals surface area contributed by atoms with Gasteiger partial charge in [-0.05, 0) is 0 Å². The fourth-order valence-corrected chi connectivity index (χ4v) is 1.90. The van der Waals surface area contributed by atoms with Gasteiger partial charge in [0.1, 0.15) is 12.4 Å². The summed E-state index contributed by atoms with van der Waals surface area (Å²) in [5, 5.41) is 2.79. The van der Waals surface area contributed by atoms with E-state index in [-0.39, 0.29) is 12.1 Å². The van der Waals surface area contributed by atoms with Crippen molar-refractivity contribution in [3.63, 3.8) is 0 Å². The van der Waals surface area contributed by atoms with Gasteiger partial charge in [-0.2, -0.15) is 0 Å². The average molecular weight is 266 g/mol. The molecule has 1 fully saturated rings. The number of aromatic nitrogens is 2. The monoisotopic (exact) mass is 266 g/mol. The summed E-state index contributed by atoms with van der Waals surface area (Å²) >= 11 is 0. The van der Waals surface area contributed by atoms with E-state index in [1.165, 1.54) is 6.33 Å². The molecule has 1 aromatic rings. The first-order valence-corrected chi connectivity index (χ1v) is 6.24. The Morgan fingerprint density at radius 2 is 2.53 bits per heavy atom. The molecule has 7 nitrogen and oxygen atoms in total. The molecule has 104 valence electrons. The zero-order valence-corrected chi connectivity index (χ0v) is 10.9. The Labute approximate surface area is 111 Å². The van der Waals surface area contributed by atoms with E-state index in [1.54, 1.807) is 24.3 Å². The third kappa shape index (κ3) is 4.06. The van der Waals surface area contributed by atoms with E-state index in [9.17, 15) is 4.79 Å². The third-order valence-electron chi connectivity index (χ3n) is 2.86. The highest BCUT2D eigenvalue weighted by Crippen LogP contribution is 2.15. The van der Waals surface area contributed by atoms with E-state index in [0.29, 0.717) is 32.1 Å². The number of carbonyl (C=O) groups is 1. The minimum absolute atomic E-state index is 0.0110. The number of urea groups is 1. The molecule has 1 atom stereocenters. The molecule has 2 amide bonds. The average Bonchev–Trinajstić information content (AvgIpc) is 2.89. The molecule has 0 radical (unpaired) electrons. The van der Waals surface area contributed by atoms with E-state index in [2.05, 4.69) is 15.3 Å². The number of hydrogen-bond donors (Lipinski definition) is 1. The van der Waals surface area contributed by atoms with Gasteiger partial charge in [0.2, 0.25) is 5.88 Å². The van der Waals surface area contributed by atoms with Gasteiger partial charge in [-0.1, -0.05) is 0 Å². The molecule has 1 N–H and O–H groups in total. The number of methoxy groups -OCH3 is 1. The minimum atomic E-state index is -0.0779. The summed E-state index contributed by atoms with van der Waals surface area (Å²) in [4.78, 5) is 21.4. The van der Waals surface area contributed by atoms with Crippen LogP contribution >= 0.6 is 0 Å². The highest BCUT2D eigenvalue weighted by molar-refractivity contribution is 5.74. The molecule has 2 rings (SSSR count). The van der Waals surface area contributed by atoms with Crippen molar-refractivity contribution in [2.75, 3.05) is 33.4 Å². The summed E-state index contributed by atoms with van der Waals surface area (Å²) in [5.74, 6) is 0.543. The smallest absolute Gasteiger partial charge is 0.317 e. The second-order valence-electron chi connectivity index (χ2n) is 4.25. The van der Waals surface area contributed by atoms with Crippen LogP contribution in [0.1, 0.15) is 6.42 Å². The predicted octanol–water partition coefficient (Wildman–Crippen LogP) is 0.286. The Morgan fingerprint density at radius 3 is 3.26 bits per heavy atom. The van der Waals surface area contributed by atoms with Crippen molar-refractivity contribution in [2.24, 2.45) is 0 Å². The predicted molar refractivity (Wildman–Crippen MR) is 67.9 cm³/mol. The molecule has 1 saturated heterocycles. The van der Waals surface area contributed by atoms with Crippen LogP contribution in [0.15, 0.2) is 18.6 Å². The maximum absolute atomic E-state index is 11.8. The van der Waals surface area contributed by atoms with Gasteiger partial charge in [0, 0.05) is 38.9 Å². The molecule has 2 heterocycles. The van der Waals surface area contributed by atoms with Gasteiger partial charge < -0.3 is 19.7 Å². The van der Waals surface area contributed by atoms with E-state index in [4.69, 9.17) is 9.47 Å². The highest BCUT2D eigenvalue weighted by atomic mass is 16.5. The molecular formula is C12H18N4O3. The van der Waals surface area contributed by atoms with Crippen LogP contribution in [0.25, 0.3) is 0 Å². The number of nitrogens with zero attached hydrogens (tertiary/aromatic N) is 3. The van der Waals surface area contributed by atoms with Crippen LogP contribution in [0.2, 0.25) is 0 Å². The fourth-order valence-electron chi connectivity index (χ4n) is 1.90. The number of rotatable bonds is 5. The van der Waals surface area contributed by atoms with Crippen molar-refractivity contribution in [1.29, 1.82) is 0 Å². The van der Waals surface area contributed by atoms with Gasteiger partial charge in [-0.15, -0.1) is 0 Å². The van der Waals surface area contributed by atoms with Crippen molar-refractivity contribution in [3.8, 4) is 5.88 Å². The number of amides is 2. The topological polar surface area (TPSA) is 76.6 Å². The highest BCUT2D eigenvalue weighted by Gasteiger charge is 2.27. The molecule has 1 aliphatic rings. The first-order chi connectivity index (χ1) is 9.29. The number of likely N-dealkylation sites (tertiary alicyclic amines) is 1. The Hall–Kier alpha value is -1.89. The molecule has 0 aromatic carbocycles. The Balaban J connectivity index is 1.75. The van der Waals surface area contributed by atoms with Crippen molar-refractivity contribution >= 4 is 6.03 Å². The molecule has 0 bridgehead atoms. The zero-order valence-electron chi connectivity index (χ0n) is 10.9. The summed E-state index contributed by atoms with van der Waals surface area (Å²) in [6.45, 7) is 2.29. The Kier molecular flexibility index (Phi) is 4.91. The second-order valence-corrected chi connectivity index (χ2v) is 4.25. The van der Waals surface area contributed by atoms with Crippen LogP contribution < -0.4 is 10.1 Å². The lowest BCUT2D eigenvalue weighted by atomic mass is 10.3. The maximum atomic E-state index is 11.8. The summed E-state index contributed by atoms with van der Waals surface area (Å²) in [5.41, 5.74) is 0. The lowest BCUT2D eigenvalue weighted by Crippen LogP contribution is -2.40. The molecule has 0 aliphatic carbocycles. The van der Waals surface area contributed by atoms with Gasteiger partial charge in [0.05, 0.1) is 13.2 Å².